The van der Waals surface area contributed by atoms with Gasteiger partial charge >= 0.3 is 0 Å². The van der Waals surface area contributed by atoms with Crippen molar-refractivity contribution in [1.82, 2.24) is 4.90 Å². The SMILES string of the molecule is CN1CC[C@]23CCCO[C@H]2[C@H]1Cc1ccc(O)cc13. The molecular formula is C16H21NO2. The molecule has 3 aliphatic rings. The van der Waals surface area contributed by atoms with Crippen molar-refractivity contribution in [2.45, 2.75) is 43.2 Å². The van der Waals surface area contributed by atoms with Gasteiger partial charge in [-0.1, -0.05) is 6.07 Å². The molecule has 0 aromatic heterocycles. The standard InChI is InChI=1S/C16H21NO2/c1-17-7-6-16-5-2-8-19-15(16)14(17)9-11-3-4-12(18)10-13(11)16/h3-4,10,14-15,18H,2,5-9H2,1H3/t14-,15+,16+/m1/s1. The lowest BCUT2D eigenvalue weighted by molar-refractivity contribution is -0.122. The zero-order chi connectivity index (χ0) is 13.0. The van der Waals surface area contributed by atoms with Crippen molar-refractivity contribution in [3.63, 3.8) is 0 Å². The molecule has 1 aliphatic carbocycles. The van der Waals surface area contributed by atoms with Gasteiger partial charge in [0.2, 0.25) is 0 Å². The number of hydrogen-bond donors (Lipinski definition) is 1. The van der Waals surface area contributed by atoms with E-state index in [2.05, 4.69) is 18.0 Å². The van der Waals surface area contributed by atoms with Gasteiger partial charge in [-0.15, -0.1) is 0 Å². The molecule has 0 radical (unpaired) electrons. The average molecular weight is 259 g/mol. The normalized spacial score (nSPS) is 37.5. The van der Waals surface area contributed by atoms with E-state index in [9.17, 15) is 5.11 Å². The van der Waals surface area contributed by atoms with Crippen LogP contribution in [0.5, 0.6) is 5.75 Å². The summed E-state index contributed by atoms with van der Waals surface area (Å²) < 4.78 is 6.18. The molecule has 3 nitrogen and oxygen atoms in total. The van der Waals surface area contributed by atoms with E-state index < -0.39 is 0 Å². The first-order chi connectivity index (χ1) is 9.21. The lowest BCUT2D eigenvalue weighted by atomic mass is 9.59. The van der Waals surface area contributed by atoms with Crippen molar-refractivity contribution in [3.05, 3.63) is 29.3 Å². The van der Waals surface area contributed by atoms with Crippen LogP contribution in [0.3, 0.4) is 0 Å². The summed E-state index contributed by atoms with van der Waals surface area (Å²) in [6.07, 6.45) is 4.87. The first kappa shape index (κ1) is 11.7. The molecule has 3 heteroatoms. The largest absolute Gasteiger partial charge is 0.508 e. The maximum atomic E-state index is 9.87. The van der Waals surface area contributed by atoms with Gasteiger partial charge in [0.1, 0.15) is 5.75 Å². The molecule has 2 fully saturated rings. The predicted molar refractivity (Wildman–Crippen MR) is 73.5 cm³/mol. The van der Waals surface area contributed by atoms with Gasteiger partial charge in [0.25, 0.3) is 0 Å². The summed E-state index contributed by atoms with van der Waals surface area (Å²) in [5, 5.41) is 9.87. The van der Waals surface area contributed by atoms with Crippen LogP contribution in [0, 0.1) is 0 Å². The summed E-state index contributed by atoms with van der Waals surface area (Å²) in [5.74, 6) is 0.398. The Kier molecular flexibility index (Phi) is 2.45. The Morgan fingerprint density at radius 1 is 1.37 bits per heavy atom. The summed E-state index contributed by atoms with van der Waals surface area (Å²) in [4.78, 5) is 2.46. The molecule has 1 N–H and O–H groups in total. The number of fused-ring (bicyclic) bond motifs is 1. The van der Waals surface area contributed by atoms with Gasteiger partial charge in [-0.25, -0.2) is 0 Å². The number of aromatic hydroxyl groups is 1. The number of piperidine rings is 1. The lowest BCUT2D eigenvalue weighted by Gasteiger charge is -2.57. The topological polar surface area (TPSA) is 32.7 Å². The predicted octanol–water partition coefficient (Wildman–Crippen LogP) is 2.07. The Labute approximate surface area is 114 Å². The maximum absolute atomic E-state index is 9.87. The number of nitrogens with zero attached hydrogens (tertiary/aromatic N) is 1. The number of phenolic OH excluding ortho intramolecular Hbond substituents is 1. The third-order valence-electron chi connectivity index (χ3n) is 5.49. The van der Waals surface area contributed by atoms with Crippen molar-refractivity contribution < 1.29 is 9.84 Å². The van der Waals surface area contributed by atoms with Crippen LogP contribution in [0.1, 0.15) is 30.4 Å². The molecule has 3 atom stereocenters. The van der Waals surface area contributed by atoms with Crippen LogP contribution < -0.4 is 0 Å². The highest BCUT2D eigenvalue weighted by atomic mass is 16.5. The third kappa shape index (κ3) is 1.52. The minimum Gasteiger partial charge on any atom is -0.508 e. The van der Waals surface area contributed by atoms with E-state index in [4.69, 9.17) is 4.74 Å². The highest BCUT2D eigenvalue weighted by molar-refractivity contribution is 5.45. The molecule has 102 valence electrons. The van der Waals surface area contributed by atoms with Gasteiger partial charge < -0.3 is 14.7 Å². The fourth-order valence-corrected chi connectivity index (χ4v) is 4.54. The van der Waals surface area contributed by atoms with Crippen LogP contribution in [-0.4, -0.2) is 42.4 Å². The zero-order valence-electron chi connectivity index (χ0n) is 11.4. The van der Waals surface area contributed by atoms with Gasteiger partial charge in [-0.05, 0) is 62.5 Å². The number of benzene rings is 1. The van der Waals surface area contributed by atoms with E-state index in [1.54, 1.807) is 0 Å². The number of likely N-dealkylation sites (tertiary alicyclic amines) is 1. The minimum absolute atomic E-state index is 0.155. The second-order valence-corrected chi connectivity index (χ2v) is 6.39. The molecule has 0 saturated carbocycles. The van der Waals surface area contributed by atoms with E-state index in [1.165, 1.54) is 17.5 Å². The quantitative estimate of drug-likeness (QED) is 0.774. The van der Waals surface area contributed by atoms with Crippen molar-refractivity contribution in [1.29, 1.82) is 0 Å². The van der Waals surface area contributed by atoms with Crippen LogP contribution >= 0.6 is 0 Å². The molecule has 0 unspecified atom stereocenters. The fraction of sp³-hybridized carbons (Fsp3) is 0.625. The smallest absolute Gasteiger partial charge is 0.115 e. The summed E-state index contributed by atoms with van der Waals surface area (Å²) in [7, 11) is 2.22. The first-order valence-electron chi connectivity index (χ1n) is 7.35. The van der Waals surface area contributed by atoms with Gasteiger partial charge in [0.05, 0.1) is 6.10 Å². The monoisotopic (exact) mass is 259 g/mol. The Bertz CT molecular complexity index is 515. The molecule has 0 amide bonds. The molecule has 2 bridgehead atoms. The molecule has 1 aromatic carbocycles. The van der Waals surface area contributed by atoms with Crippen LogP contribution in [0.2, 0.25) is 0 Å². The average Bonchev–Trinajstić information content (AvgIpc) is 2.43. The number of phenols is 1. The second kappa shape index (κ2) is 3.97. The summed E-state index contributed by atoms with van der Waals surface area (Å²) in [5.41, 5.74) is 2.93. The Morgan fingerprint density at radius 2 is 2.26 bits per heavy atom. The molecule has 0 spiro atoms. The van der Waals surface area contributed by atoms with Crippen LogP contribution in [0.4, 0.5) is 0 Å². The van der Waals surface area contributed by atoms with Gasteiger partial charge in [-0.3, -0.25) is 0 Å². The maximum Gasteiger partial charge on any atom is 0.115 e. The minimum atomic E-state index is 0.155. The number of rotatable bonds is 0. The molecule has 2 aliphatic heterocycles. The first-order valence-corrected chi connectivity index (χ1v) is 7.35. The lowest BCUT2D eigenvalue weighted by Crippen LogP contribution is -2.64. The molecule has 1 aromatic rings. The molecule has 2 heterocycles. The van der Waals surface area contributed by atoms with Crippen molar-refractivity contribution in [3.8, 4) is 5.75 Å². The van der Waals surface area contributed by atoms with Gasteiger partial charge in [0.15, 0.2) is 0 Å². The van der Waals surface area contributed by atoms with E-state index in [0.717, 1.165) is 32.4 Å². The Morgan fingerprint density at radius 3 is 3.16 bits per heavy atom. The van der Waals surface area contributed by atoms with Crippen LogP contribution in [0.15, 0.2) is 18.2 Å². The van der Waals surface area contributed by atoms with E-state index in [-0.39, 0.29) is 5.41 Å². The number of likely N-dealkylation sites (N-methyl/N-ethyl adjacent to an activating group) is 1. The van der Waals surface area contributed by atoms with Crippen molar-refractivity contribution >= 4 is 0 Å². The van der Waals surface area contributed by atoms with Crippen LogP contribution in [0.25, 0.3) is 0 Å². The highest BCUT2D eigenvalue weighted by Gasteiger charge is 2.54. The molecule has 2 saturated heterocycles. The zero-order valence-corrected chi connectivity index (χ0v) is 11.4. The summed E-state index contributed by atoms with van der Waals surface area (Å²) >= 11 is 0. The van der Waals surface area contributed by atoms with Crippen molar-refractivity contribution in [2.75, 3.05) is 20.2 Å². The van der Waals surface area contributed by atoms with Gasteiger partial charge in [-0.2, -0.15) is 0 Å². The highest BCUT2D eigenvalue weighted by Crippen LogP contribution is 2.51. The Balaban J connectivity index is 1.90. The molecule has 4 rings (SSSR count). The fourth-order valence-electron chi connectivity index (χ4n) is 4.54. The van der Waals surface area contributed by atoms with Gasteiger partial charge in [0, 0.05) is 18.1 Å². The molecular weight excluding hydrogens is 238 g/mol. The van der Waals surface area contributed by atoms with Crippen LogP contribution in [-0.2, 0) is 16.6 Å². The number of ether oxygens (including phenoxy) is 1. The summed E-state index contributed by atoms with van der Waals surface area (Å²) in [6.45, 7) is 2.03. The van der Waals surface area contributed by atoms with E-state index in [0.29, 0.717) is 17.9 Å². The Hall–Kier alpha value is -1.06. The van der Waals surface area contributed by atoms with Crippen molar-refractivity contribution in [2.24, 2.45) is 0 Å². The third-order valence-corrected chi connectivity index (χ3v) is 5.49. The number of hydrogen-bond acceptors (Lipinski definition) is 3. The second-order valence-electron chi connectivity index (χ2n) is 6.39. The summed E-state index contributed by atoms with van der Waals surface area (Å²) in [6, 6.07) is 6.45. The van der Waals surface area contributed by atoms with E-state index in [1.807, 2.05) is 12.1 Å². The van der Waals surface area contributed by atoms with E-state index >= 15 is 0 Å². The molecule has 19 heavy (non-hydrogen) atoms.